The topological polar surface area (TPSA) is 71.0 Å². The van der Waals surface area contributed by atoms with Crippen molar-refractivity contribution in [2.24, 2.45) is 0 Å². The number of carbonyl (C=O) groups excluding carboxylic acids is 1. The van der Waals surface area contributed by atoms with Crippen LogP contribution in [-0.2, 0) is 16.0 Å². The minimum absolute atomic E-state index is 0.0424. The predicted molar refractivity (Wildman–Crippen MR) is 124 cm³/mol. The number of halogens is 1. The van der Waals surface area contributed by atoms with E-state index in [1.807, 2.05) is 31.2 Å². The van der Waals surface area contributed by atoms with E-state index in [9.17, 15) is 9.90 Å². The Labute approximate surface area is 194 Å². The van der Waals surface area contributed by atoms with Crippen molar-refractivity contribution in [2.45, 2.75) is 44.5 Å². The average Bonchev–Trinajstić information content (AvgIpc) is 2.76. The SMILES string of the molecule is CCOc1ccc(Cc2cc(C3CC(O)CC(CN4CCNC(=O)C4)O3)ccc2Cl)cc1. The third kappa shape index (κ3) is 6.01. The molecule has 4 rings (SSSR count). The van der Waals surface area contributed by atoms with Crippen LogP contribution in [0.2, 0.25) is 5.02 Å². The molecule has 3 atom stereocenters. The van der Waals surface area contributed by atoms with Crippen molar-refractivity contribution in [3.8, 4) is 5.75 Å². The molecule has 2 N–H and O–H groups in total. The summed E-state index contributed by atoms with van der Waals surface area (Å²) in [4.78, 5) is 13.8. The molecule has 0 spiro atoms. The van der Waals surface area contributed by atoms with Crippen LogP contribution in [0.1, 0.15) is 42.6 Å². The molecule has 2 aromatic carbocycles. The smallest absolute Gasteiger partial charge is 0.234 e. The highest BCUT2D eigenvalue weighted by Gasteiger charge is 2.31. The number of piperazine rings is 1. The van der Waals surface area contributed by atoms with Crippen LogP contribution in [0.3, 0.4) is 0 Å². The van der Waals surface area contributed by atoms with E-state index >= 15 is 0 Å². The van der Waals surface area contributed by atoms with Gasteiger partial charge < -0.3 is 19.9 Å². The minimum atomic E-state index is -0.428. The molecule has 1 amide bonds. The van der Waals surface area contributed by atoms with Crippen molar-refractivity contribution in [1.82, 2.24) is 10.2 Å². The van der Waals surface area contributed by atoms with E-state index in [4.69, 9.17) is 21.1 Å². The van der Waals surface area contributed by atoms with E-state index in [2.05, 4.69) is 28.4 Å². The van der Waals surface area contributed by atoms with Crippen LogP contribution in [-0.4, -0.2) is 60.9 Å². The fourth-order valence-corrected chi connectivity index (χ4v) is 4.66. The molecule has 2 saturated heterocycles. The van der Waals surface area contributed by atoms with E-state index in [0.29, 0.717) is 45.5 Å². The lowest BCUT2D eigenvalue weighted by Crippen LogP contribution is -2.51. The molecule has 0 radical (unpaired) electrons. The van der Waals surface area contributed by atoms with E-state index < -0.39 is 6.10 Å². The van der Waals surface area contributed by atoms with Crippen molar-refractivity contribution >= 4 is 17.5 Å². The second-order valence-electron chi connectivity index (χ2n) is 8.56. The lowest BCUT2D eigenvalue weighted by molar-refractivity contribution is -0.128. The van der Waals surface area contributed by atoms with Gasteiger partial charge in [0.25, 0.3) is 0 Å². The molecule has 172 valence electrons. The summed E-state index contributed by atoms with van der Waals surface area (Å²) in [6.07, 6.45) is 1.12. The zero-order valence-corrected chi connectivity index (χ0v) is 19.2. The third-order valence-electron chi connectivity index (χ3n) is 6.03. The van der Waals surface area contributed by atoms with Gasteiger partial charge in [-0.05, 0) is 48.2 Å². The Morgan fingerprint density at radius 1 is 1.22 bits per heavy atom. The van der Waals surface area contributed by atoms with Gasteiger partial charge in [-0.3, -0.25) is 9.69 Å². The summed E-state index contributed by atoms with van der Waals surface area (Å²) in [5, 5.41) is 14.1. The molecule has 2 aliphatic heterocycles. The number of aliphatic hydroxyl groups is 1. The monoisotopic (exact) mass is 458 g/mol. The molecule has 0 saturated carbocycles. The highest BCUT2D eigenvalue weighted by molar-refractivity contribution is 6.31. The zero-order valence-electron chi connectivity index (χ0n) is 18.4. The lowest BCUT2D eigenvalue weighted by Gasteiger charge is -2.37. The van der Waals surface area contributed by atoms with Crippen molar-refractivity contribution in [1.29, 1.82) is 0 Å². The summed E-state index contributed by atoms with van der Waals surface area (Å²) in [5.41, 5.74) is 3.20. The molecule has 32 heavy (non-hydrogen) atoms. The van der Waals surface area contributed by atoms with Gasteiger partial charge in [0.15, 0.2) is 0 Å². The van der Waals surface area contributed by atoms with E-state index in [-0.39, 0.29) is 18.1 Å². The standard InChI is InChI=1S/C25H31ClN2O4/c1-2-31-21-6-3-17(4-7-21)11-19-12-18(5-8-23(19)26)24-14-20(29)13-22(32-24)15-28-10-9-27-25(30)16-28/h3-8,12,20,22,24,29H,2,9-11,13-16H2,1H3,(H,27,30). The summed E-state index contributed by atoms with van der Waals surface area (Å²) < 4.78 is 11.9. The van der Waals surface area contributed by atoms with Gasteiger partial charge in [0.1, 0.15) is 5.75 Å². The Kier molecular flexibility index (Phi) is 7.68. The number of aliphatic hydroxyl groups excluding tert-OH is 1. The molecule has 0 bridgehead atoms. The number of hydrogen-bond acceptors (Lipinski definition) is 5. The number of benzene rings is 2. The maximum Gasteiger partial charge on any atom is 0.234 e. The number of nitrogens with zero attached hydrogens (tertiary/aromatic N) is 1. The normalized spacial score (nSPS) is 24.2. The number of amides is 1. The molecule has 2 heterocycles. The van der Waals surface area contributed by atoms with Crippen LogP contribution in [0.4, 0.5) is 0 Å². The Bertz CT molecular complexity index is 921. The van der Waals surface area contributed by atoms with Crippen LogP contribution in [0.5, 0.6) is 5.75 Å². The molecule has 0 aliphatic carbocycles. The maximum atomic E-state index is 11.7. The van der Waals surface area contributed by atoms with Gasteiger partial charge in [0.2, 0.25) is 5.91 Å². The summed E-state index contributed by atoms with van der Waals surface area (Å²) >= 11 is 6.51. The van der Waals surface area contributed by atoms with Crippen LogP contribution < -0.4 is 10.1 Å². The summed E-state index contributed by atoms with van der Waals surface area (Å²) in [6, 6.07) is 14.0. The maximum absolute atomic E-state index is 11.7. The van der Waals surface area contributed by atoms with E-state index in [1.165, 1.54) is 0 Å². The van der Waals surface area contributed by atoms with Crippen LogP contribution >= 0.6 is 11.6 Å². The predicted octanol–water partition coefficient (Wildman–Crippen LogP) is 3.34. The van der Waals surface area contributed by atoms with Gasteiger partial charge in [-0.2, -0.15) is 0 Å². The Balaban J connectivity index is 1.44. The highest BCUT2D eigenvalue weighted by atomic mass is 35.5. The largest absolute Gasteiger partial charge is 0.494 e. The fourth-order valence-electron chi connectivity index (χ4n) is 4.48. The number of hydrogen-bond donors (Lipinski definition) is 2. The Hall–Kier alpha value is -2.12. The molecule has 3 unspecified atom stereocenters. The molecular formula is C25H31ClN2O4. The quantitative estimate of drug-likeness (QED) is 0.665. The molecule has 6 nitrogen and oxygen atoms in total. The van der Waals surface area contributed by atoms with Gasteiger partial charge in [-0.1, -0.05) is 35.9 Å². The van der Waals surface area contributed by atoms with Crippen molar-refractivity contribution in [3.05, 3.63) is 64.2 Å². The van der Waals surface area contributed by atoms with Crippen LogP contribution in [0.25, 0.3) is 0 Å². The van der Waals surface area contributed by atoms with E-state index in [1.54, 1.807) is 0 Å². The minimum Gasteiger partial charge on any atom is -0.494 e. The van der Waals surface area contributed by atoms with Crippen LogP contribution in [0.15, 0.2) is 42.5 Å². The summed E-state index contributed by atoms with van der Waals surface area (Å²) in [7, 11) is 0. The number of rotatable bonds is 7. The molecular weight excluding hydrogens is 428 g/mol. The van der Waals surface area contributed by atoms with Crippen molar-refractivity contribution in [2.75, 3.05) is 32.8 Å². The van der Waals surface area contributed by atoms with Gasteiger partial charge in [-0.25, -0.2) is 0 Å². The second-order valence-corrected chi connectivity index (χ2v) is 8.97. The second kappa shape index (κ2) is 10.7. The van der Waals surface area contributed by atoms with Crippen LogP contribution in [0, 0.1) is 0 Å². The van der Waals surface area contributed by atoms with Gasteiger partial charge in [-0.15, -0.1) is 0 Å². The number of nitrogens with one attached hydrogen (secondary N) is 1. The average molecular weight is 459 g/mol. The lowest BCUT2D eigenvalue weighted by atomic mass is 9.93. The molecule has 0 aromatic heterocycles. The zero-order chi connectivity index (χ0) is 22.5. The first kappa shape index (κ1) is 23.1. The van der Waals surface area contributed by atoms with Gasteiger partial charge in [0.05, 0.1) is 31.5 Å². The number of carbonyl (C=O) groups is 1. The first-order valence-electron chi connectivity index (χ1n) is 11.3. The van der Waals surface area contributed by atoms with E-state index in [0.717, 1.165) is 34.0 Å². The highest BCUT2D eigenvalue weighted by Crippen LogP contribution is 2.34. The first-order chi connectivity index (χ1) is 15.5. The Morgan fingerprint density at radius 2 is 2.03 bits per heavy atom. The third-order valence-corrected chi connectivity index (χ3v) is 6.40. The fraction of sp³-hybridized carbons (Fsp3) is 0.480. The molecule has 7 heteroatoms. The Morgan fingerprint density at radius 3 is 2.78 bits per heavy atom. The van der Waals surface area contributed by atoms with Gasteiger partial charge >= 0.3 is 0 Å². The summed E-state index contributed by atoms with van der Waals surface area (Å²) in [6.45, 7) is 5.11. The molecule has 2 fully saturated rings. The number of ether oxygens (including phenoxy) is 2. The molecule has 2 aromatic rings. The molecule has 2 aliphatic rings. The summed E-state index contributed by atoms with van der Waals surface area (Å²) in [5.74, 6) is 0.902. The van der Waals surface area contributed by atoms with Gasteiger partial charge in [0, 0.05) is 37.5 Å². The van der Waals surface area contributed by atoms with Crippen molar-refractivity contribution in [3.63, 3.8) is 0 Å². The van der Waals surface area contributed by atoms with Crippen molar-refractivity contribution < 1.29 is 19.4 Å². The first-order valence-corrected chi connectivity index (χ1v) is 11.7.